The minimum atomic E-state index is -0.327. The monoisotopic (exact) mass is 294 g/mol. The van der Waals surface area contributed by atoms with E-state index in [0.717, 1.165) is 17.2 Å². The molecule has 1 atom stereocenters. The number of carbonyl (C=O) groups excluding carboxylic acids is 1. The number of nitrogens with one attached hydrogen (secondary N) is 1. The Morgan fingerprint density at radius 3 is 3.05 bits per heavy atom. The zero-order valence-electron chi connectivity index (χ0n) is 11.8. The molecular weight excluding hydrogens is 276 g/mol. The number of aryl methyl sites for hydroxylation is 1. The Morgan fingerprint density at radius 2 is 2.40 bits per heavy atom. The lowest BCUT2D eigenvalue weighted by atomic mass is 10.2. The van der Waals surface area contributed by atoms with Crippen molar-refractivity contribution in [2.75, 3.05) is 11.9 Å². The fourth-order valence-electron chi connectivity index (χ4n) is 1.92. The van der Waals surface area contributed by atoms with E-state index >= 15 is 0 Å². The van der Waals surface area contributed by atoms with Gasteiger partial charge in [-0.15, -0.1) is 0 Å². The maximum Gasteiger partial charge on any atom is 0.343 e. The van der Waals surface area contributed by atoms with Crippen molar-refractivity contribution in [3.8, 4) is 0 Å². The van der Waals surface area contributed by atoms with Crippen molar-refractivity contribution in [2.45, 2.75) is 33.2 Å². The Morgan fingerprint density at radius 1 is 1.60 bits per heavy atom. The molecule has 0 spiro atoms. The van der Waals surface area contributed by atoms with E-state index in [4.69, 9.17) is 9.15 Å². The number of aromatic nitrogens is 1. The summed E-state index contributed by atoms with van der Waals surface area (Å²) in [5.41, 5.74) is 1.23. The average Bonchev–Trinajstić information content (AvgIpc) is 3.00. The summed E-state index contributed by atoms with van der Waals surface area (Å²) in [6.45, 7) is 5.99. The molecule has 2 rings (SSSR count). The van der Waals surface area contributed by atoms with Crippen molar-refractivity contribution in [1.29, 1.82) is 0 Å². The summed E-state index contributed by atoms with van der Waals surface area (Å²) in [4.78, 5) is 11.9. The highest BCUT2D eigenvalue weighted by atomic mass is 32.1. The van der Waals surface area contributed by atoms with Crippen LogP contribution in [0.5, 0.6) is 0 Å². The Balaban J connectivity index is 2.07. The second kappa shape index (κ2) is 6.56. The first-order valence-electron chi connectivity index (χ1n) is 6.54. The van der Waals surface area contributed by atoms with Crippen LogP contribution in [0.2, 0.25) is 0 Å². The number of furan rings is 1. The predicted molar refractivity (Wildman–Crippen MR) is 78.3 cm³/mol. The van der Waals surface area contributed by atoms with Gasteiger partial charge in [0.15, 0.2) is 0 Å². The van der Waals surface area contributed by atoms with Gasteiger partial charge < -0.3 is 14.5 Å². The molecule has 2 heterocycles. The Bertz CT molecular complexity index is 563. The molecule has 0 bridgehead atoms. The molecule has 6 heteroatoms. The van der Waals surface area contributed by atoms with E-state index in [1.807, 2.05) is 26.0 Å². The smallest absolute Gasteiger partial charge is 0.343 e. The van der Waals surface area contributed by atoms with Crippen LogP contribution in [0.25, 0.3) is 0 Å². The van der Waals surface area contributed by atoms with Crippen molar-refractivity contribution in [3.05, 3.63) is 35.4 Å². The van der Waals surface area contributed by atoms with E-state index in [1.165, 1.54) is 11.5 Å². The third-order valence-corrected chi connectivity index (χ3v) is 3.68. The van der Waals surface area contributed by atoms with Crippen molar-refractivity contribution in [2.24, 2.45) is 0 Å². The molecule has 5 nitrogen and oxygen atoms in total. The van der Waals surface area contributed by atoms with Gasteiger partial charge in [0.1, 0.15) is 16.3 Å². The largest absolute Gasteiger partial charge is 0.469 e. The minimum Gasteiger partial charge on any atom is -0.469 e. The van der Waals surface area contributed by atoms with E-state index in [9.17, 15) is 4.79 Å². The van der Waals surface area contributed by atoms with Gasteiger partial charge in [0, 0.05) is 12.5 Å². The standard InChI is InChI=1S/C14H18N2O3S/c1-4-18-14(17)12-10(3)16-20-13(12)15-9(2)8-11-6-5-7-19-11/h5-7,9,15H,4,8H2,1-3H3. The van der Waals surface area contributed by atoms with Gasteiger partial charge in [-0.25, -0.2) is 4.79 Å². The topological polar surface area (TPSA) is 64.4 Å². The molecule has 0 saturated carbocycles. The van der Waals surface area contributed by atoms with Gasteiger partial charge in [0.2, 0.25) is 0 Å². The number of rotatable bonds is 6. The fourth-order valence-corrected chi connectivity index (χ4v) is 2.81. The quantitative estimate of drug-likeness (QED) is 0.828. The minimum absolute atomic E-state index is 0.133. The number of anilines is 1. The summed E-state index contributed by atoms with van der Waals surface area (Å²) in [6.07, 6.45) is 2.40. The van der Waals surface area contributed by atoms with Crippen LogP contribution in [0.1, 0.15) is 35.7 Å². The van der Waals surface area contributed by atoms with Crippen molar-refractivity contribution in [3.63, 3.8) is 0 Å². The number of carbonyl (C=O) groups is 1. The van der Waals surface area contributed by atoms with Gasteiger partial charge in [-0.3, -0.25) is 0 Å². The maximum atomic E-state index is 11.9. The molecule has 0 amide bonds. The SMILES string of the molecule is CCOC(=O)c1c(C)nsc1NC(C)Cc1ccco1. The van der Waals surface area contributed by atoms with Crippen LogP contribution in [-0.2, 0) is 11.2 Å². The predicted octanol–water partition coefficient (Wildman–Crippen LogP) is 3.26. The van der Waals surface area contributed by atoms with E-state index in [0.29, 0.717) is 17.9 Å². The summed E-state index contributed by atoms with van der Waals surface area (Å²) in [7, 11) is 0. The summed E-state index contributed by atoms with van der Waals surface area (Å²) >= 11 is 1.28. The number of nitrogens with zero attached hydrogens (tertiary/aromatic N) is 1. The van der Waals surface area contributed by atoms with Crippen LogP contribution in [0, 0.1) is 6.92 Å². The number of esters is 1. The summed E-state index contributed by atoms with van der Waals surface area (Å²) in [5.74, 6) is 0.579. The molecule has 0 radical (unpaired) electrons. The average molecular weight is 294 g/mol. The lowest BCUT2D eigenvalue weighted by Gasteiger charge is -2.13. The molecule has 0 aromatic carbocycles. The second-order valence-electron chi connectivity index (χ2n) is 4.52. The molecule has 108 valence electrons. The van der Waals surface area contributed by atoms with Gasteiger partial charge in [0.05, 0.1) is 18.6 Å². The first-order chi connectivity index (χ1) is 9.61. The lowest BCUT2D eigenvalue weighted by molar-refractivity contribution is 0.0527. The normalized spacial score (nSPS) is 12.2. The van der Waals surface area contributed by atoms with Crippen LogP contribution in [-0.4, -0.2) is 23.0 Å². The Hall–Kier alpha value is -1.82. The summed E-state index contributed by atoms with van der Waals surface area (Å²) < 4.78 is 14.6. The van der Waals surface area contributed by atoms with E-state index in [2.05, 4.69) is 9.69 Å². The summed E-state index contributed by atoms with van der Waals surface area (Å²) in [6, 6.07) is 3.93. The van der Waals surface area contributed by atoms with Crippen molar-refractivity contribution >= 4 is 22.5 Å². The molecule has 0 fully saturated rings. The van der Waals surface area contributed by atoms with E-state index in [1.54, 1.807) is 13.2 Å². The summed E-state index contributed by atoms with van der Waals surface area (Å²) in [5, 5.41) is 4.05. The number of hydrogen-bond acceptors (Lipinski definition) is 6. The van der Waals surface area contributed by atoms with Crippen LogP contribution < -0.4 is 5.32 Å². The van der Waals surface area contributed by atoms with Crippen LogP contribution >= 0.6 is 11.5 Å². The molecule has 0 saturated heterocycles. The highest BCUT2D eigenvalue weighted by Crippen LogP contribution is 2.26. The van der Waals surface area contributed by atoms with Gasteiger partial charge in [0.25, 0.3) is 0 Å². The van der Waals surface area contributed by atoms with Gasteiger partial charge in [-0.05, 0) is 44.4 Å². The molecule has 0 aliphatic rings. The number of hydrogen-bond donors (Lipinski definition) is 1. The molecule has 2 aromatic rings. The Kier molecular flexibility index (Phi) is 4.79. The zero-order valence-corrected chi connectivity index (χ0v) is 12.6. The van der Waals surface area contributed by atoms with Crippen LogP contribution in [0.15, 0.2) is 22.8 Å². The van der Waals surface area contributed by atoms with Crippen molar-refractivity contribution < 1.29 is 13.9 Å². The molecule has 1 unspecified atom stereocenters. The molecule has 20 heavy (non-hydrogen) atoms. The second-order valence-corrected chi connectivity index (χ2v) is 5.29. The highest BCUT2D eigenvalue weighted by Gasteiger charge is 2.20. The molecule has 0 aliphatic carbocycles. The van der Waals surface area contributed by atoms with Crippen LogP contribution in [0.3, 0.4) is 0 Å². The van der Waals surface area contributed by atoms with Gasteiger partial charge in [-0.2, -0.15) is 4.37 Å². The van der Waals surface area contributed by atoms with E-state index in [-0.39, 0.29) is 12.0 Å². The lowest BCUT2D eigenvalue weighted by Crippen LogP contribution is -2.19. The van der Waals surface area contributed by atoms with Crippen LogP contribution in [0.4, 0.5) is 5.00 Å². The molecule has 1 N–H and O–H groups in total. The molecule has 0 aliphatic heterocycles. The van der Waals surface area contributed by atoms with E-state index < -0.39 is 0 Å². The van der Waals surface area contributed by atoms with Gasteiger partial charge >= 0.3 is 5.97 Å². The Labute approximate surface area is 122 Å². The third-order valence-electron chi connectivity index (χ3n) is 2.81. The van der Waals surface area contributed by atoms with Crippen molar-refractivity contribution in [1.82, 2.24) is 4.37 Å². The zero-order chi connectivity index (χ0) is 14.5. The molecule has 2 aromatic heterocycles. The number of ether oxygens (including phenoxy) is 1. The fraction of sp³-hybridized carbons (Fsp3) is 0.429. The maximum absolute atomic E-state index is 11.9. The highest BCUT2D eigenvalue weighted by molar-refractivity contribution is 7.10. The first-order valence-corrected chi connectivity index (χ1v) is 7.31. The third kappa shape index (κ3) is 3.39. The first kappa shape index (κ1) is 14.6. The van der Waals surface area contributed by atoms with Gasteiger partial charge in [-0.1, -0.05) is 0 Å². The molecular formula is C14H18N2O3S.